The van der Waals surface area contributed by atoms with E-state index in [0.717, 1.165) is 10.5 Å². The van der Waals surface area contributed by atoms with Gasteiger partial charge in [0.2, 0.25) is 5.91 Å². The molecule has 138 valence electrons. The molecular formula is C20H19N3O3S. The molecule has 1 N–H and O–H groups in total. The summed E-state index contributed by atoms with van der Waals surface area (Å²) >= 11 is 1.42. The van der Waals surface area contributed by atoms with E-state index < -0.39 is 5.97 Å². The highest BCUT2D eigenvalue weighted by atomic mass is 32.2. The zero-order valence-electron chi connectivity index (χ0n) is 14.8. The lowest BCUT2D eigenvalue weighted by molar-refractivity contribution is -0.113. The number of thioether (sulfide) groups is 1. The number of esters is 1. The van der Waals surface area contributed by atoms with Crippen LogP contribution in [0.5, 0.6) is 0 Å². The summed E-state index contributed by atoms with van der Waals surface area (Å²) in [7, 11) is 1.29. The predicted octanol–water partition coefficient (Wildman–Crippen LogP) is 3.45. The monoisotopic (exact) mass is 381 g/mol. The average molecular weight is 381 g/mol. The Balaban J connectivity index is 1.70. The van der Waals surface area contributed by atoms with E-state index in [1.165, 1.54) is 18.9 Å². The average Bonchev–Trinajstić information content (AvgIpc) is 3.09. The molecule has 1 aromatic heterocycles. The lowest BCUT2D eigenvalue weighted by atomic mass is 10.2. The maximum absolute atomic E-state index is 12.3. The fourth-order valence-corrected chi connectivity index (χ4v) is 3.18. The van der Waals surface area contributed by atoms with Crippen molar-refractivity contribution in [3.8, 4) is 0 Å². The number of methoxy groups -OCH3 is 1. The Labute approximate surface area is 161 Å². The van der Waals surface area contributed by atoms with Crippen molar-refractivity contribution in [3.05, 3.63) is 78.1 Å². The number of ether oxygens (including phenoxy) is 1. The molecule has 1 amide bonds. The minimum atomic E-state index is -0.590. The highest BCUT2D eigenvalue weighted by Crippen LogP contribution is 2.19. The molecule has 0 aliphatic heterocycles. The number of benzene rings is 2. The van der Waals surface area contributed by atoms with E-state index in [0.29, 0.717) is 12.2 Å². The molecule has 0 atom stereocenters. The lowest BCUT2D eigenvalue weighted by Crippen LogP contribution is -2.16. The zero-order valence-corrected chi connectivity index (χ0v) is 15.6. The van der Waals surface area contributed by atoms with Gasteiger partial charge in [-0.05, 0) is 17.7 Å². The number of carbonyl (C=O) groups excluding carboxylic acids is 2. The first-order valence-electron chi connectivity index (χ1n) is 8.33. The molecule has 3 aromatic rings. The predicted molar refractivity (Wildman–Crippen MR) is 105 cm³/mol. The SMILES string of the molecule is COC(=O)c1nn(Cc2ccccc2)cc1NC(=O)CSc1ccccc1. The van der Waals surface area contributed by atoms with Crippen LogP contribution >= 0.6 is 11.8 Å². The van der Waals surface area contributed by atoms with Crippen molar-refractivity contribution in [3.63, 3.8) is 0 Å². The molecule has 6 nitrogen and oxygen atoms in total. The minimum Gasteiger partial charge on any atom is -0.464 e. The topological polar surface area (TPSA) is 73.2 Å². The fraction of sp³-hybridized carbons (Fsp3) is 0.150. The van der Waals surface area contributed by atoms with Gasteiger partial charge in [0.25, 0.3) is 0 Å². The molecule has 2 aromatic carbocycles. The molecule has 7 heteroatoms. The van der Waals surface area contributed by atoms with Crippen molar-refractivity contribution in [1.82, 2.24) is 9.78 Å². The number of anilines is 1. The third-order valence-corrected chi connectivity index (χ3v) is 4.73. The number of aromatic nitrogens is 2. The third kappa shape index (κ3) is 5.21. The maximum Gasteiger partial charge on any atom is 0.360 e. The van der Waals surface area contributed by atoms with Crippen LogP contribution in [0.1, 0.15) is 16.1 Å². The number of hydrogen-bond acceptors (Lipinski definition) is 5. The van der Waals surface area contributed by atoms with Gasteiger partial charge in [0.05, 0.1) is 25.1 Å². The first-order chi connectivity index (χ1) is 13.2. The molecule has 0 saturated heterocycles. The van der Waals surface area contributed by atoms with E-state index in [-0.39, 0.29) is 17.4 Å². The summed E-state index contributed by atoms with van der Waals surface area (Å²) in [5.41, 5.74) is 1.47. The van der Waals surface area contributed by atoms with E-state index >= 15 is 0 Å². The molecule has 0 spiro atoms. The largest absolute Gasteiger partial charge is 0.464 e. The molecule has 27 heavy (non-hydrogen) atoms. The second-order valence-corrected chi connectivity index (χ2v) is 6.76. The highest BCUT2D eigenvalue weighted by molar-refractivity contribution is 8.00. The van der Waals surface area contributed by atoms with E-state index in [4.69, 9.17) is 4.74 Å². The summed E-state index contributed by atoms with van der Waals surface area (Å²) in [6, 6.07) is 19.4. The van der Waals surface area contributed by atoms with E-state index in [2.05, 4.69) is 10.4 Å². The van der Waals surface area contributed by atoms with E-state index in [1.54, 1.807) is 10.9 Å². The first-order valence-corrected chi connectivity index (χ1v) is 9.31. The fourth-order valence-electron chi connectivity index (χ4n) is 2.46. The normalized spacial score (nSPS) is 10.4. The van der Waals surface area contributed by atoms with Crippen LogP contribution in [-0.2, 0) is 16.1 Å². The Kier molecular flexibility index (Phi) is 6.27. The number of rotatable bonds is 7. The van der Waals surface area contributed by atoms with E-state index in [9.17, 15) is 9.59 Å². The summed E-state index contributed by atoms with van der Waals surface area (Å²) in [5.74, 6) is -0.574. The third-order valence-electron chi connectivity index (χ3n) is 3.72. The number of carbonyl (C=O) groups is 2. The van der Waals surface area contributed by atoms with Crippen molar-refractivity contribution in [2.45, 2.75) is 11.4 Å². The van der Waals surface area contributed by atoms with Crippen LogP contribution in [0, 0.1) is 0 Å². The van der Waals surface area contributed by atoms with Crippen LogP contribution in [0.2, 0.25) is 0 Å². The highest BCUT2D eigenvalue weighted by Gasteiger charge is 2.19. The van der Waals surface area contributed by atoms with Crippen LogP contribution in [0.3, 0.4) is 0 Å². The van der Waals surface area contributed by atoms with Crippen molar-refractivity contribution < 1.29 is 14.3 Å². The minimum absolute atomic E-state index is 0.0893. The van der Waals surface area contributed by atoms with Gasteiger partial charge in [0, 0.05) is 11.1 Å². The molecule has 0 unspecified atom stereocenters. The van der Waals surface area contributed by atoms with Crippen molar-refractivity contribution >= 4 is 29.3 Å². The van der Waals surface area contributed by atoms with Gasteiger partial charge in [-0.2, -0.15) is 5.10 Å². The molecule has 1 heterocycles. The van der Waals surface area contributed by atoms with Crippen LogP contribution < -0.4 is 5.32 Å². The molecular weight excluding hydrogens is 362 g/mol. The van der Waals surface area contributed by atoms with Gasteiger partial charge in [-0.1, -0.05) is 48.5 Å². The molecule has 0 fully saturated rings. The Hall–Kier alpha value is -3.06. The Bertz CT molecular complexity index is 911. The smallest absolute Gasteiger partial charge is 0.360 e. The summed E-state index contributed by atoms with van der Waals surface area (Å²) in [4.78, 5) is 25.3. The van der Waals surface area contributed by atoms with Gasteiger partial charge >= 0.3 is 5.97 Å². The molecule has 0 aliphatic rings. The second kappa shape index (κ2) is 9.05. The van der Waals surface area contributed by atoms with Crippen LogP contribution in [0.25, 0.3) is 0 Å². The number of amides is 1. The first kappa shape index (κ1) is 18.7. The number of nitrogens with one attached hydrogen (secondary N) is 1. The summed E-state index contributed by atoms with van der Waals surface area (Å²) in [6.07, 6.45) is 1.64. The lowest BCUT2D eigenvalue weighted by Gasteiger charge is -2.04. The van der Waals surface area contributed by atoms with Gasteiger partial charge in [0.15, 0.2) is 5.69 Å². The van der Waals surface area contributed by atoms with Gasteiger partial charge in [0.1, 0.15) is 0 Å². The summed E-state index contributed by atoms with van der Waals surface area (Å²) in [6.45, 7) is 0.486. The molecule has 0 saturated carbocycles. The van der Waals surface area contributed by atoms with Crippen molar-refractivity contribution in [1.29, 1.82) is 0 Å². The van der Waals surface area contributed by atoms with Gasteiger partial charge in [-0.3, -0.25) is 9.48 Å². The van der Waals surface area contributed by atoms with Crippen LogP contribution in [0.4, 0.5) is 5.69 Å². The summed E-state index contributed by atoms with van der Waals surface area (Å²) in [5, 5.41) is 7.03. The Morgan fingerprint density at radius 3 is 2.41 bits per heavy atom. The standard InChI is InChI=1S/C20H19N3O3S/c1-26-20(25)19-17(13-23(22-19)12-15-8-4-2-5-9-15)21-18(24)14-27-16-10-6-3-7-11-16/h2-11,13H,12,14H2,1H3,(H,21,24). The second-order valence-electron chi connectivity index (χ2n) is 5.72. The van der Waals surface area contributed by atoms with Crippen LogP contribution in [-0.4, -0.2) is 34.5 Å². The van der Waals surface area contributed by atoms with Gasteiger partial charge in [-0.25, -0.2) is 4.79 Å². The Morgan fingerprint density at radius 2 is 1.74 bits per heavy atom. The number of hydrogen-bond donors (Lipinski definition) is 1. The molecule has 0 radical (unpaired) electrons. The summed E-state index contributed by atoms with van der Waals surface area (Å²) < 4.78 is 6.39. The number of nitrogens with zero attached hydrogens (tertiary/aromatic N) is 2. The van der Waals surface area contributed by atoms with Gasteiger partial charge < -0.3 is 10.1 Å². The quantitative estimate of drug-likeness (QED) is 0.501. The Morgan fingerprint density at radius 1 is 1.07 bits per heavy atom. The zero-order chi connectivity index (χ0) is 19.1. The molecule has 0 aliphatic carbocycles. The van der Waals surface area contributed by atoms with Crippen molar-refractivity contribution in [2.24, 2.45) is 0 Å². The molecule has 0 bridgehead atoms. The van der Waals surface area contributed by atoms with Gasteiger partial charge in [-0.15, -0.1) is 11.8 Å². The molecule has 3 rings (SSSR count). The van der Waals surface area contributed by atoms with Crippen LogP contribution in [0.15, 0.2) is 71.8 Å². The van der Waals surface area contributed by atoms with E-state index in [1.807, 2.05) is 60.7 Å². The van der Waals surface area contributed by atoms with Crippen molar-refractivity contribution in [2.75, 3.05) is 18.2 Å². The maximum atomic E-state index is 12.3.